The molecule has 0 aromatic carbocycles. The number of aliphatic carboxylic acids is 1. The molecule has 7 heteroatoms. The van der Waals surface area contributed by atoms with Gasteiger partial charge in [-0.3, -0.25) is 4.79 Å². The van der Waals surface area contributed by atoms with Crippen LogP contribution in [0, 0.1) is 18.8 Å². The fourth-order valence-electron chi connectivity index (χ4n) is 2.21. The highest BCUT2D eigenvalue weighted by atomic mass is 16.5. The summed E-state index contributed by atoms with van der Waals surface area (Å²) in [7, 11) is 0. The molecule has 0 aliphatic carbocycles. The lowest BCUT2D eigenvalue weighted by atomic mass is 9.87. The smallest absolute Gasteiger partial charge is 0.341 e. The molecular weight excluding hydrogens is 274 g/mol. The lowest BCUT2D eigenvalue weighted by Gasteiger charge is -2.41. The average Bonchev–Trinajstić information content (AvgIpc) is 2.37. The number of anilines is 1. The summed E-state index contributed by atoms with van der Waals surface area (Å²) in [5.74, 6) is -0.955. The number of hydrogen-bond acceptors (Lipinski definition) is 6. The number of carbonyl (C=O) groups is 2. The summed E-state index contributed by atoms with van der Waals surface area (Å²) < 4.78 is 4.93. The van der Waals surface area contributed by atoms with E-state index in [1.165, 1.54) is 6.20 Å². The molecule has 1 saturated heterocycles. The maximum atomic E-state index is 11.7. The van der Waals surface area contributed by atoms with Crippen molar-refractivity contribution in [2.45, 2.75) is 20.8 Å². The second kappa shape index (κ2) is 6.07. The minimum Gasteiger partial charge on any atom is -0.481 e. The van der Waals surface area contributed by atoms with E-state index in [9.17, 15) is 9.59 Å². The number of aryl methyl sites for hydroxylation is 1. The Morgan fingerprint density at radius 3 is 2.71 bits per heavy atom. The Labute approximate surface area is 123 Å². The molecule has 0 amide bonds. The van der Waals surface area contributed by atoms with Gasteiger partial charge in [0, 0.05) is 25.2 Å². The fraction of sp³-hybridized carbons (Fsp3) is 0.571. The molecule has 0 bridgehead atoms. The van der Waals surface area contributed by atoms with Crippen molar-refractivity contribution in [1.29, 1.82) is 0 Å². The van der Waals surface area contributed by atoms with Crippen LogP contribution in [0.15, 0.2) is 6.20 Å². The van der Waals surface area contributed by atoms with Crippen LogP contribution in [0.3, 0.4) is 0 Å². The van der Waals surface area contributed by atoms with Crippen molar-refractivity contribution in [2.24, 2.45) is 11.8 Å². The number of carboxylic acid groups (broad SMARTS) is 1. The quantitative estimate of drug-likeness (QED) is 0.813. The number of nitrogens with zero attached hydrogens (tertiary/aromatic N) is 3. The normalized spacial score (nSPS) is 16.2. The maximum Gasteiger partial charge on any atom is 0.341 e. The highest BCUT2D eigenvalue weighted by Gasteiger charge is 2.36. The number of rotatable bonds is 5. The molecular formula is C14H19N3O4. The third kappa shape index (κ3) is 3.12. The Morgan fingerprint density at radius 2 is 2.19 bits per heavy atom. The lowest BCUT2D eigenvalue weighted by molar-refractivity contribution is -0.143. The van der Waals surface area contributed by atoms with E-state index in [0.29, 0.717) is 36.9 Å². The van der Waals surface area contributed by atoms with Gasteiger partial charge in [-0.2, -0.15) is 0 Å². The number of hydrogen-bond donors (Lipinski definition) is 1. The number of esters is 1. The van der Waals surface area contributed by atoms with Gasteiger partial charge in [0.25, 0.3) is 0 Å². The summed E-state index contributed by atoms with van der Waals surface area (Å²) in [5.41, 5.74) is 0.921. The molecule has 0 spiro atoms. The lowest BCUT2D eigenvalue weighted by Crippen LogP contribution is -2.51. The van der Waals surface area contributed by atoms with Crippen LogP contribution in [0.1, 0.15) is 29.9 Å². The van der Waals surface area contributed by atoms with Crippen molar-refractivity contribution in [3.8, 4) is 0 Å². The van der Waals surface area contributed by atoms with Gasteiger partial charge in [0.2, 0.25) is 5.95 Å². The summed E-state index contributed by atoms with van der Waals surface area (Å²) in [4.78, 5) is 33.0. The molecule has 21 heavy (non-hydrogen) atoms. The molecule has 1 aliphatic rings. The summed E-state index contributed by atoms with van der Waals surface area (Å²) in [6.45, 7) is 6.72. The van der Waals surface area contributed by atoms with Crippen LogP contribution in [-0.4, -0.2) is 46.7 Å². The first-order chi connectivity index (χ1) is 9.93. The SMILES string of the molecule is CCOC(=O)c1cnc(N2CC(C(C)C(=O)O)C2)nc1C. The van der Waals surface area contributed by atoms with Crippen LogP contribution in [-0.2, 0) is 9.53 Å². The van der Waals surface area contributed by atoms with Crippen molar-refractivity contribution >= 4 is 17.9 Å². The fourth-order valence-corrected chi connectivity index (χ4v) is 2.21. The molecule has 1 fully saturated rings. The number of ether oxygens (including phenoxy) is 1. The van der Waals surface area contributed by atoms with Crippen molar-refractivity contribution in [3.63, 3.8) is 0 Å². The molecule has 1 aromatic heterocycles. The van der Waals surface area contributed by atoms with Gasteiger partial charge in [0.05, 0.1) is 23.8 Å². The predicted molar refractivity (Wildman–Crippen MR) is 75.2 cm³/mol. The Bertz CT molecular complexity index is 555. The summed E-state index contributed by atoms with van der Waals surface area (Å²) in [6, 6.07) is 0. The molecule has 114 valence electrons. The zero-order valence-corrected chi connectivity index (χ0v) is 12.4. The second-order valence-electron chi connectivity index (χ2n) is 5.18. The Hall–Kier alpha value is -2.18. The van der Waals surface area contributed by atoms with Crippen molar-refractivity contribution in [3.05, 3.63) is 17.5 Å². The summed E-state index contributed by atoms with van der Waals surface area (Å²) in [6.07, 6.45) is 1.46. The van der Waals surface area contributed by atoms with Crippen LogP contribution in [0.25, 0.3) is 0 Å². The summed E-state index contributed by atoms with van der Waals surface area (Å²) >= 11 is 0. The molecule has 1 aliphatic heterocycles. The highest BCUT2D eigenvalue weighted by molar-refractivity contribution is 5.90. The topological polar surface area (TPSA) is 92.6 Å². The van der Waals surface area contributed by atoms with Crippen LogP contribution >= 0.6 is 0 Å². The monoisotopic (exact) mass is 293 g/mol. The Balaban J connectivity index is 2.02. The first-order valence-corrected chi connectivity index (χ1v) is 6.92. The van der Waals surface area contributed by atoms with E-state index in [2.05, 4.69) is 9.97 Å². The molecule has 2 heterocycles. The second-order valence-corrected chi connectivity index (χ2v) is 5.18. The van der Waals surface area contributed by atoms with Crippen LogP contribution < -0.4 is 4.90 Å². The van der Waals surface area contributed by atoms with Gasteiger partial charge in [-0.15, -0.1) is 0 Å². The maximum absolute atomic E-state index is 11.7. The number of carboxylic acids is 1. The highest BCUT2D eigenvalue weighted by Crippen LogP contribution is 2.27. The third-order valence-electron chi connectivity index (χ3n) is 3.75. The standard InChI is InChI=1S/C14H19N3O4/c1-4-21-13(20)11-5-15-14(16-9(11)3)17-6-10(7-17)8(2)12(18)19/h5,8,10H,4,6-7H2,1-3H3,(H,18,19). The minimum absolute atomic E-state index is 0.108. The van der Waals surface area contributed by atoms with E-state index in [4.69, 9.17) is 9.84 Å². The Morgan fingerprint density at radius 1 is 1.52 bits per heavy atom. The van der Waals surface area contributed by atoms with Gasteiger partial charge < -0.3 is 14.7 Å². The van der Waals surface area contributed by atoms with E-state index < -0.39 is 11.9 Å². The molecule has 1 unspecified atom stereocenters. The van der Waals surface area contributed by atoms with Crippen molar-refractivity contribution in [1.82, 2.24) is 9.97 Å². The van der Waals surface area contributed by atoms with Crippen LogP contribution in [0.5, 0.6) is 0 Å². The average molecular weight is 293 g/mol. The van der Waals surface area contributed by atoms with Crippen molar-refractivity contribution < 1.29 is 19.4 Å². The number of aromatic nitrogens is 2. The minimum atomic E-state index is -0.783. The van der Waals surface area contributed by atoms with E-state index in [1.807, 2.05) is 4.90 Å². The zero-order chi connectivity index (χ0) is 15.6. The van der Waals surface area contributed by atoms with Gasteiger partial charge in [-0.1, -0.05) is 6.92 Å². The van der Waals surface area contributed by atoms with Crippen LogP contribution in [0.4, 0.5) is 5.95 Å². The predicted octanol–water partition coefficient (Wildman–Crippen LogP) is 1.12. The molecule has 0 saturated carbocycles. The molecule has 1 atom stereocenters. The third-order valence-corrected chi connectivity index (χ3v) is 3.75. The number of carbonyl (C=O) groups excluding carboxylic acids is 1. The van der Waals surface area contributed by atoms with Gasteiger partial charge in [0.15, 0.2) is 0 Å². The van der Waals surface area contributed by atoms with Crippen LogP contribution in [0.2, 0.25) is 0 Å². The van der Waals surface area contributed by atoms with Gasteiger partial charge >= 0.3 is 11.9 Å². The molecule has 2 rings (SSSR count). The van der Waals surface area contributed by atoms with Gasteiger partial charge in [-0.25, -0.2) is 14.8 Å². The van der Waals surface area contributed by atoms with E-state index in [1.54, 1.807) is 20.8 Å². The molecule has 7 nitrogen and oxygen atoms in total. The Kier molecular flexibility index (Phi) is 4.40. The summed E-state index contributed by atoms with van der Waals surface area (Å²) in [5, 5.41) is 8.97. The van der Waals surface area contributed by atoms with Gasteiger partial charge in [-0.05, 0) is 13.8 Å². The van der Waals surface area contributed by atoms with E-state index >= 15 is 0 Å². The van der Waals surface area contributed by atoms with Crippen molar-refractivity contribution in [2.75, 3.05) is 24.6 Å². The van der Waals surface area contributed by atoms with E-state index in [0.717, 1.165) is 0 Å². The first kappa shape index (κ1) is 15.2. The van der Waals surface area contributed by atoms with E-state index in [-0.39, 0.29) is 11.8 Å². The largest absolute Gasteiger partial charge is 0.481 e. The first-order valence-electron chi connectivity index (χ1n) is 6.92. The zero-order valence-electron chi connectivity index (χ0n) is 12.4. The molecule has 1 N–H and O–H groups in total. The van der Waals surface area contributed by atoms with Gasteiger partial charge in [0.1, 0.15) is 0 Å². The molecule has 0 radical (unpaired) electrons. The molecule has 1 aromatic rings.